The average molecular weight is 299 g/mol. The third-order valence-corrected chi connectivity index (χ3v) is 3.98. The fourth-order valence-corrected chi connectivity index (χ4v) is 2.83. The van der Waals surface area contributed by atoms with Gasteiger partial charge in [0.25, 0.3) is 5.92 Å². The summed E-state index contributed by atoms with van der Waals surface area (Å²) in [5.74, 6) is -2.76. The summed E-state index contributed by atoms with van der Waals surface area (Å²) in [7, 11) is 0. The van der Waals surface area contributed by atoms with Crippen LogP contribution in [0.25, 0.3) is 6.08 Å². The zero-order valence-corrected chi connectivity index (χ0v) is 12.4. The van der Waals surface area contributed by atoms with Crippen molar-refractivity contribution in [1.29, 1.82) is 0 Å². The first-order valence-corrected chi connectivity index (χ1v) is 7.54. The summed E-state index contributed by atoms with van der Waals surface area (Å²) in [4.78, 5) is 1.83. The van der Waals surface area contributed by atoms with Crippen LogP contribution in [-0.4, -0.2) is 23.9 Å². The van der Waals surface area contributed by atoms with E-state index in [0.29, 0.717) is 19.5 Å². The lowest BCUT2D eigenvalue weighted by Crippen LogP contribution is -2.43. The molecule has 2 aromatic carbocycles. The molecular weight excluding hydrogens is 280 g/mol. The third-order valence-electron chi connectivity index (χ3n) is 3.98. The van der Waals surface area contributed by atoms with Crippen molar-refractivity contribution in [2.75, 3.05) is 13.1 Å². The minimum Gasteiger partial charge on any atom is -0.293 e. The normalized spacial score (nSPS) is 20.2. The summed E-state index contributed by atoms with van der Waals surface area (Å²) in [5.41, 5.74) is 2.16. The highest BCUT2D eigenvalue weighted by atomic mass is 19.3. The zero-order valence-electron chi connectivity index (χ0n) is 12.4. The van der Waals surface area contributed by atoms with Gasteiger partial charge < -0.3 is 0 Å². The molecule has 1 aliphatic rings. The summed E-state index contributed by atoms with van der Waals surface area (Å²) in [6.45, 7) is 1.04. The van der Waals surface area contributed by atoms with Crippen LogP contribution >= 0.6 is 0 Å². The zero-order chi connectivity index (χ0) is 15.4. The van der Waals surface area contributed by atoms with Crippen molar-refractivity contribution in [1.82, 2.24) is 4.90 Å². The molecule has 3 rings (SSSR count). The topological polar surface area (TPSA) is 3.24 Å². The van der Waals surface area contributed by atoms with E-state index in [-0.39, 0.29) is 12.1 Å². The summed E-state index contributed by atoms with van der Waals surface area (Å²) in [6.07, 6.45) is 2.05. The van der Waals surface area contributed by atoms with E-state index in [1.165, 1.54) is 0 Å². The monoisotopic (exact) mass is 299 g/mol. The molecule has 0 spiro atoms. The maximum atomic E-state index is 14.4. The fraction of sp³-hybridized carbons (Fsp3) is 0.263. The second-order valence-corrected chi connectivity index (χ2v) is 5.73. The molecule has 0 saturated carbocycles. The number of benzene rings is 2. The van der Waals surface area contributed by atoms with Crippen LogP contribution in [0.4, 0.5) is 8.78 Å². The first kappa shape index (κ1) is 14.9. The first-order valence-electron chi connectivity index (χ1n) is 7.54. The van der Waals surface area contributed by atoms with Crippen LogP contribution in [0.2, 0.25) is 0 Å². The molecular formula is C19H19F2N. The van der Waals surface area contributed by atoms with Gasteiger partial charge in [-0.3, -0.25) is 4.90 Å². The van der Waals surface area contributed by atoms with E-state index in [1.807, 2.05) is 65.6 Å². The van der Waals surface area contributed by atoms with Crippen LogP contribution in [0.5, 0.6) is 0 Å². The van der Waals surface area contributed by atoms with Crippen molar-refractivity contribution in [3.05, 3.63) is 77.4 Å². The number of hydrogen-bond donors (Lipinski definition) is 0. The van der Waals surface area contributed by atoms with Crippen LogP contribution in [0, 0.1) is 0 Å². The summed E-state index contributed by atoms with van der Waals surface area (Å²) >= 11 is 0. The van der Waals surface area contributed by atoms with Gasteiger partial charge in [0.05, 0.1) is 6.54 Å². The second kappa shape index (κ2) is 6.41. The van der Waals surface area contributed by atoms with E-state index in [4.69, 9.17) is 0 Å². The highest BCUT2D eigenvalue weighted by molar-refractivity contribution is 5.55. The summed E-state index contributed by atoms with van der Waals surface area (Å²) < 4.78 is 28.8. The number of likely N-dealkylation sites (tertiary alicyclic amines) is 1. The van der Waals surface area contributed by atoms with Crippen LogP contribution in [0.1, 0.15) is 17.5 Å². The van der Waals surface area contributed by atoms with Crippen molar-refractivity contribution in [2.45, 2.75) is 18.9 Å². The molecule has 0 aromatic heterocycles. The highest BCUT2D eigenvalue weighted by Crippen LogP contribution is 2.34. The van der Waals surface area contributed by atoms with E-state index in [0.717, 1.165) is 11.1 Å². The van der Waals surface area contributed by atoms with Gasteiger partial charge in [0, 0.05) is 18.7 Å². The number of hydrogen-bond acceptors (Lipinski definition) is 1. The Kier molecular flexibility index (Phi) is 4.34. The molecule has 1 heterocycles. The van der Waals surface area contributed by atoms with Crippen LogP contribution < -0.4 is 0 Å². The lowest BCUT2D eigenvalue weighted by molar-refractivity contribution is -0.0204. The van der Waals surface area contributed by atoms with Gasteiger partial charge in [-0.2, -0.15) is 0 Å². The van der Waals surface area contributed by atoms with Crippen LogP contribution in [-0.2, 0) is 6.54 Å². The smallest absolute Gasteiger partial charge is 0.282 e. The van der Waals surface area contributed by atoms with Crippen molar-refractivity contribution >= 4 is 6.08 Å². The fourth-order valence-electron chi connectivity index (χ4n) is 2.83. The molecule has 1 aliphatic heterocycles. The Morgan fingerprint density at radius 3 is 2.23 bits per heavy atom. The van der Waals surface area contributed by atoms with Crippen LogP contribution in [0.3, 0.4) is 0 Å². The Hall–Kier alpha value is -2.00. The Bertz CT molecular complexity index is 635. The Morgan fingerprint density at radius 2 is 1.59 bits per heavy atom. The van der Waals surface area contributed by atoms with Gasteiger partial charge >= 0.3 is 0 Å². The molecule has 1 fully saturated rings. The first-order chi connectivity index (χ1) is 10.6. The van der Waals surface area contributed by atoms with Crippen molar-refractivity contribution in [2.24, 2.45) is 0 Å². The molecule has 0 aliphatic carbocycles. The number of rotatable bonds is 3. The van der Waals surface area contributed by atoms with Crippen molar-refractivity contribution < 1.29 is 8.78 Å². The molecule has 1 saturated heterocycles. The van der Waals surface area contributed by atoms with E-state index in [9.17, 15) is 8.78 Å². The van der Waals surface area contributed by atoms with E-state index in [2.05, 4.69) is 0 Å². The maximum absolute atomic E-state index is 14.4. The molecule has 0 radical (unpaired) electrons. The minimum atomic E-state index is -2.76. The van der Waals surface area contributed by atoms with Crippen molar-refractivity contribution in [3.8, 4) is 0 Å². The number of halogens is 2. The van der Waals surface area contributed by atoms with Gasteiger partial charge in [-0.15, -0.1) is 0 Å². The quantitative estimate of drug-likeness (QED) is 0.800. The molecule has 0 atom stereocenters. The van der Waals surface area contributed by atoms with Crippen LogP contribution in [0.15, 0.2) is 66.2 Å². The van der Waals surface area contributed by atoms with Gasteiger partial charge in [-0.1, -0.05) is 60.7 Å². The maximum Gasteiger partial charge on any atom is 0.282 e. The average Bonchev–Trinajstić information content (AvgIpc) is 2.52. The number of alkyl halides is 2. The SMILES string of the molecule is FC1(F)CN(Cc2ccccc2)CCC1=Cc1ccccc1. The van der Waals surface area contributed by atoms with Crippen molar-refractivity contribution in [3.63, 3.8) is 0 Å². The molecule has 0 N–H and O–H groups in total. The molecule has 114 valence electrons. The molecule has 0 amide bonds. The molecule has 22 heavy (non-hydrogen) atoms. The lowest BCUT2D eigenvalue weighted by Gasteiger charge is -2.34. The molecule has 2 aromatic rings. The van der Waals surface area contributed by atoms with E-state index < -0.39 is 5.92 Å². The molecule has 0 unspecified atom stereocenters. The predicted octanol–water partition coefficient (Wildman–Crippen LogP) is 4.61. The van der Waals surface area contributed by atoms with Gasteiger partial charge in [-0.25, -0.2) is 8.78 Å². The molecule has 1 nitrogen and oxygen atoms in total. The summed E-state index contributed by atoms with van der Waals surface area (Å²) in [6, 6.07) is 19.1. The van der Waals surface area contributed by atoms with E-state index >= 15 is 0 Å². The Balaban J connectivity index is 1.71. The van der Waals surface area contributed by atoms with Gasteiger partial charge in [-0.05, 0) is 23.6 Å². The minimum absolute atomic E-state index is 0.208. The highest BCUT2D eigenvalue weighted by Gasteiger charge is 2.39. The van der Waals surface area contributed by atoms with Gasteiger partial charge in [0.1, 0.15) is 0 Å². The van der Waals surface area contributed by atoms with Gasteiger partial charge in [0.2, 0.25) is 0 Å². The lowest BCUT2D eigenvalue weighted by atomic mass is 9.97. The number of nitrogens with zero attached hydrogens (tertiary/aromatic N) is 1. The molecule has 0 bridgehead atoms. The summed E-state index contributed by atoms with van der Waals surface area (Å²) in [5, 5.41) is 0. The predicted molar refractivity (Wildman–Crippen MR) is 85.7 cm³/mol. The number of piperidine rings is 1. The second-order valence-electron chi connectivity index (χ2n) is 5.73. The Labute approximate surface area is 129 Å². The third kappa shape index (κ3) is 3.60. The van der Waals surface area contributed by atoms with Gasteiger partial charge in [0.15, 0.2) is 0 Å². The molecule has 3 heteroatoms. The standard InChI is InChI=1S/C19H19F2N/c20-19(21)15-22(14-17-9-5-2-6-10-17)12-11-18(19)13-16-7-3-1-4-8-16/h1-10,13H,11-12,14-15H2. The largest absolute Gasteiger partial charge is 0.293 e. The van der Waals surface area contributed by atoms with E-state index in [1.54, 1.807) is 6.08 Å². The Morgan fingerprint density at radius 1 is 0.955 bits per heavy atom.